The lowest BCUT2D eigenvalue weighted by molar-refractivity contribution is -0.116. The van der Waals surface area contributed by atoms with Crippen LogP contribution in [-0.2, 0) is 11.2 Å². The number of aliphatic imine (C=N–C) groups is 1. The van der Waals surface area contributed by atoms with Gasteiger partial charge in [0.1, 0.15) is 12.4 Å². The van der Waals surface area contributed by atoms with Crippen LogP contribution < -0.4 is 4.90 Å². The molecule has 3 aromatic carbocycles. The van der Waals surface area contributed by atoms with Crippen LogP contribution in [0, 0.1) is 12.7 Å². The van der Waals surface area contributed by atoms with Crippen molar-refractivity contribution in [3.63, 3.8) is 0 Å². The molecule has 0 unspecified atom stereocenters. The van der Waals surface area contributed by atoms with E-state index < -0.39 is 0 Å². The van der Waals surface area contributed by atoms with Crippen molar-refractivity contribution in [1.82, 2.24) is 4.98 Å². The SMILES string of the molecule is Cc1c(Cc2cccc(C3=NCC(=O)N(C)c4ccccc43)c2F)[nH]c2ccccc12. The van der Waals surface area contributed by atoms with Crippen LogP contribution in [0.2, 0.25) is 0 Å². The monoisotopic (exact) mass is 411 g/mol. The third kappa shape index (κ3) is 3.22. The van der Waals surface area contributed by atoms with Crippen LogP contribution in [0.15, 0.2) is 71.7 Å². The molecule has 1 aromatic heterocycles. The highest BCUT2D eigenvalue weighted by atomic mass is 19.1. The molecule has 4 aromatic rings. The Hall–Kier alpha value is -3.73. The van der Waals surface area contributed by atoms with Gasteiger partial charge in [-0.25, -0.2) is 4.39 Å². The first-order valence-electron chi connectivity index (χ1n) is 10.3. The average Bonchev–Trinajstić information content (AvgIpc) is 3.04. The number of aromatic amines is 1. The molecule has 5 heteroatoms. The summed E-state index contributed by atoms with van der Waals surface area (Å²) in [6.45, 7) is 2.05. The highest BCUT2D eigenvalue weighted by Gasteiger charge is 2.24. The highest BCUT2D eigenvalue weighted by Crippen LogP contribution is 2.29. The molecule has 31 heavy (non-hydrogen) atoms. The lowest BCUT2D eigenvalue weighted by Crippen LogP contribution is -2.27. The van der Waals surface area contributed by atoms with Gasteiger partial charge < -0.3 is 9.88 Å². The lowest BCUT2D eigenvalue weighted by Gasteiger charge is -2.18. The van der Waals surface area contributed by atoms with E-state index in [0.29, 0.717) is 23.3 Å². The van der Waals surface area contributed by atoms with Crippen LogP contribution in [0.25, 0.3) is 10.9 Å². The number of anilines is 1. The van der Waals surface area contributed by atoms with Crippen molar-refractivity contribution in [2.24, 2.45) is 4.99 Å². The Labute approximate surface area is 180 Å². The zero-order valence-electron chi connectivity index (χ0n) is 17.4. The van der Waals surface area contributed by atoms with Crippen molar-refractivity contribution in [3.8, 4) is 0 Å². The summed E-state index contributed by atoms with van der Waals surface area (Å²) in [6, 6.07) is 21.0. The van der Waals surface area contributed by atoms with Crippen molar-refractivity contribution in [2.45, 2.75) is 13.3 Å². The molecule has 0 saturated heterocycles. The number of hydrogen-bond acceptors (Lipinski definition) is 2. The number of hydrogen-bond donors (Lipinski definition) is 1. The number of benzodiazepines with no additional fused rings is 1. The first-order chi connectivity index (χ1) is 15.0. The number of aromatic nitrogens is 1. The standard InChI is InChI=1S/C26H22FN3O/c1-16-18-9-3-5-12-21(18)29-22(16)14-17-8-7-11-20(25(17)27)26-19-10-4-6-13-23(19)30(2)24(31)15-28-26/h3-13,29H,14-15H2,1-2H3. The Kier molecular flexibility index (Phi) is 4.66. The maximum atomic E-state index is 15.8. The second-order valence-electron chi connectivity index (χ2n) is 7.86. The molecule has 0 atom stereocenters. The van der Waals surface area contributed by atoms with Gasteiger partial charge in [0.15, 0.2) is 0 Å². The molecule has 0 aliphatic carbocycles. The number of nitrogens with one attached hydrogen (secondary N) is 1. The number of aryl methyl sites for hydroxylation is 1. The number of para-hydroxylation sites is 2. The minimum absolute atomic E-state index is 0.00862. The van der Waals surface area contributed by atoms with Gasteiger partial charge in [0.2, 0.25) is 5.91 Å². The van der Waals surface area contributed by atoms with Gasteiger partial charge in [-0.2, -0.15) is 0 Å². The van der Waals surface area contributed by atoms with E-state index in [0.717, 1.165) is 33.4 Å². The van der Waals surface area contributed by atoms with Gasteiger partial charge in [-0.3, -0.25) is 9.79 Å². The average molecular weight is 411 g/mol. The molecule has 1 aliphatic heterocycles. The molecular weight excluding hydrogens is 389 g/mol. The van der Waals surface area contributed by atoms with E-state index in [9.17, 15) is 4.79 Å². The summed E-state index contributed by atoms with van der Waals surface area (Å²) in [5.41, 5.74) is 6.20. The Morgan fingerprint density at radius 3 is 2.58 bits per heavy atom. The molecule has 5 rings (SSSR count). The number of carbonyl (C=O) groups excluding carboxylic acids is 1. The third-order valence-corrected chi connectivity index (χ3v) is 6.04. The van der Waals surface area contributed by atoms with Gasteiger partial charge in [-0.1, -0.05) is 48.5 Å². The van der Waals surface area contributed by atoms with Crippen molar-refractivity contribution in [3.05, 3.63) is 100 Å². The number of H-pyrrole nitrogens is 1. The van der Waals surface area contributed by atoms with E-state index in [2.05, 4.69) is 23.0 Å². The van der Waals surface area contributed by atoms with E-state index in [1.807, 2.05) is 54.6 Å². The smallest absolute Gasteiger partial charge is 0.248 e. The maximum Gasteiger partial charge on any atom is 0.248 e. The van der Waals surface area contributed by atoms with E-state index in [4.69, 9.17) is 0 Å². The van der Waals surface area contributed by atoms with Crippen molar-refractivity contribution in [2.75, 3.05) is 18.5 Å². The fraction of sp³-hybridized carbons (Fsp3) is 0.154. The molecular formula is C26H22FN3O. The molecule has 1 aliphatic rings. The summed E-state index contributed by atoms with van der Waals surface area (Å²) in [4.78, 5) is 21.9. The van der Waals surface area contributed by atoms with Crippen molar-refractivity contribution >= 4 is 28.2 Å². The number of fused-ring (bicyclic) bond motifs is 2. The summed E-state index contributed by atoms with van der Waals surface area (Å²) in [6.07, 6.45) is 0.452. The summed E-state index contributed by atoms with van der Waals surface area (Å²) in [5.74, 6) is -0.418. The second kappa shape index (κ2) is 7.51. The molecule has 0 spiro atoms. The zero-order valence-corrected chi connectivity index (χ0v) is 17.4. The van der Waals surface area contributed by atoms with Gasteiger partial charge in [-0.05, 0) is 36.2 Å². The van der Waals surface area contributed by atoms with Crippen LogP contribution in [-0.4, -0.2) is 30.2 Å². The molecule has 4 nitrogen and oxygen atoms in total. The summed E-state index contributed by atoms with van der Waals surface area (Å²) < 4.78 is 15.8. The van der Waals surface area contributed by atoms with Crippen LogP contribution in [0.4, 0.5) is 10.1 Å². The number of halogens is 1. The molecule has 154 valence electrons. The lowest BCUT2D eigenvalue weighted by atomic mass is 9.96. The van der Waals surface area contributed by atoms with Gasteiger partial charge >= 0.3 is 0 Å². The minimum Gasteiger partial charge on any atom is -0.358 e. The second-order valence-corrected chi connectivity index (χ2v) is 7.86. The number of carbonyl (C=O) groups is 1. The Bertz CT molecular complexity index is 1350. The number of amides is 1. The maximum absolute atomic E-state index is 15.8. The Morgan fingerprint density at radius 1 is 1.00 bits per heavy atom. The van der Waals surface area contributed by atoms with E-state index in [1.165, 1.54) is 0 Å². The fourth-order valence-electron chi connectivity index (χ4n) is 4.27. The molecule has 1 amide bonds. The first kappa shape index (κ1) is 19.2. The van der Waals surface area contributed by atoms with E-state index in [-0.39, 0.29) is 18.3 Å². The Morgan fingerprint density at radius 2 is 1.74 bits per heavy atom. The van der Waals surface area contributed by atoms with Crippen LogP contribution in [0.1, 0.15) is 27.9 Å². The number of benzene rings is 3. The van der Waals surface area contributed by atoms with E-state index in [1.54, 1.807) is 18.0 Å². The highest BCUT2D eigenvalue weighted by molar-refractivity contribution is 6.19. The molecule has 1 N–H and O–H groups in total. The fourth-order valence-corrected chi connectivity index (χ4v) is 4.27. The molecule has 0 radical (unpaired) electrons. The predicted molar refractivity (Wildman–Crippen MR) is 123 cm³/mol. The predicted octanol–water partition coefficient (Wildman–Crippen LogP) is 5.02. The number of likely N-dealkylation sites (N-methyl/N-ethyl adjacent to an activating group) is 1. The summed E-state index contributed by atoms with van der Waals surface area (Å²) in [7, 11) is 1.73. The molecule has 0 bridgehead atoms. The largest absolute Gasteiger partial charge is 0.358 e. The van der Waals surface area contributed by atoms with Crippen LogP contribution >= 0.6 is 0 Å². The minimum atomic E-state index is -0.300. The van der Waals surface area contributed by atoms with Crippen LogP contribution in [0.3, 0.4) is 0 Å². The summed E-state index contributed by atoms with van der Waals surface area (Å²) >= 11 is 0. The first-order valence-corrected chi connectivity index (χ1v) is 10.3. The van der Waals surface area contributed by atoms with Crippen molar-refractivity contribution < 1.29 is 9.18 Å². The van der Waals surface area contributed by atoms with Crippen molar-refractivity contribution in [1.29, 1.82) is 0 Å². The third-order valence-electron chi connectivity index (χ3n) is 6.04. The molecule has 0 saturated carbocycles. The van der Waals surface area contributed by atoms with Gasteiger partial charge in [0.05, 0.1) is 11.4 Å². The van der Waals surface area contributed by atoms with Gasteiger partial charge in [0, 0.05) is 41.2 Å². The van der Waals surface area contributed by atoms with Gasteiger partial charge in [0.25, 0.3) is 0 Å². The summed E-state index contributed by atoms with van der Waals surface area (Å²) in [5, 5.41) is 1.15. The normalized spacial score (nSPS) is 13.8. The molecule has 0 fully saturated rings. The topological polar surface area (TPSA) is 48.5 Å². The molecule has 2 heterocycles. The number of nitrogens with zero attached hydrogens (tertiary/aromatic N) is 2. The Balaban J connectivity index is 1.59. The zero-order chi connectivity index (χ0) is 21.5. The number of rotatable bonds is 3. The van der Waals surface area contributed by atoms with E-state index >= 15 is 4.39 Å². The quantitative estimate of drug-likeness (QED) is 0.506. The van der Waals surface area contributed by atoms with Crippen LogP contribution in [0.5, 0.6) is 0 Å². The van der Waals surface area contributed by atoms with Gasteiger partial charge in [-0.15, -0.1) is 0 Å².